The van der Waals surface area contributed by atoms with Crippen LogP contribution in [0.15, 0.2) is 0 Å². The van der Waals surface area contributed by atoms with E-state index in [0.717, 1.165) is 0 Å². The van der Waals surface area contributed by atoms with Crippen LogP contribution in [0.4, 0.5) is 0 Å². The number of hydrogen-bond donors (Lipinski definition) is 5. The molecule has 0 aromatic rings. The molecule has 2 aliphatic heterocycles. The molecule has 0 aliphatic carbocycles. The van der Waals surface area contributed by atoms with Crippen LogP contribution >= 0.6 is 0 Å². The number of rotatable bonds is 2. The lowest BCUT2D eigenvalue weighted by Crippen LogP contribution is -2.40. The van der Waals surface area contributed by atoms with Gasteiger partial charge in [0.15, 0.2) is 0 Å². The molecule has 2 aliphatic rings. The zero-order valence-corrected chi connectivity index (χ0v) is 8.27. The fraction of sp³-hybridized carbons (Fsp3) is 1.00. The normalized spacial score (nSPS) is 51.0. The van der Waals surface area contributed by atoms with Gasteiger partial charge in [-0.25, -0.2) is 0 Å². The van der Waals surface area contributed by atoms with Gasteiger partial charge in [0.1, 0.15) is 0 Å². The van der Waals surface area contributed by atoms with Crippen molar-refractivity contribution in [3.63, 3.8) is 0 Å². The highest BCUT2D eigenvalue weighted by Crippen LogP contribution is 2.36. The van der Waals surface area contributed by atoms with Crippen molar-refractivity contribution in [1.82, 2.24) is 4.90 Å². The summed E-state index contributed by atoms with van der Waals surface area (Å²) in [5, 5.41) is 47.2. The van der Waals surface area contributed by atoms with E-state index in [1.807, 2.05) is 0 Å². The van der Waals surface area contributed by atoms with Crippen molar-refractivity contribution in [3.8, 4) is 0 Å². The SMILES string of the molecule is OCC1[C@@H]2[C@@H](O)[C@H](O)[C@@H](CO)N2C[C@@H]1O. The Bertz CT molecular complexity index is 237. The summed E-state index contributed by atoms with van der Waals surface area (Å²) in [6.07, 6.45) is -2.74. The highest BCUT2D eigenvalue weighted by molar-refractivity contribution is 5.09. The minimum Gasteiger partial charge on any atom is -0.396 e. The van der Waals surface area contributed by atoms with Crippen molar-refractivity contribution in [1.29, 1.82) is 0 Å². The van der Waals surface area contributed by atoms with Crippen molar-refractivity contribution in [2.75, 3.05) is 19.8 Å². The molecule has 6 nitrogen and oxygen atoms in total. The third-order valence-corrected chi connectivity index (χ3v) is 3.63. The molecule has 5 N–H and O–H groups in total. The van der Waals surface area contributed by atoms with Gasteiger partial charge in [-0.15, -0.1) is 0 Å². The van der Waals surface area contributed by atoms with E-state index in [2.05, 4.69) is 0 Å². The van der Waals surface area contributed by atoms with Crippen LogP contribution in [0, 0.1) is 5.92 Å². The van der Waals surface area contributed by atoms with E-state index < -0.39 is 36.3 Å². The molecule has 2 fully saturated rings. The number of nitrogens with zero attached hydrogens (tertiary/aromatic N) is 1. The van der Waals surface area contributed by atoms with Crippen LogP contribution in [0.25, 0.3) is 0 Å². The largest absolute Gasteiger partial charge is 0.396 e. The molecule has 88 valence electrons. The second-order valence-electron chi connectivity index (χ2n) is 4.33. The first kappa shape index (κ1) is 11.3. The van der Waals surface area contributed by atoms with Crippen LogP contribution < -0.4 is 0 Å². The van der Waals surface area contributed by atoms with E-state index in [1.54, 1.807) is 4.90 Å². The topological polar surface area (TPSA) is 104 Å². The number of hydrogen-bond acceptors (Lipinski definition) is 6. The van der Waals surface area contributed by atoms with Crippen LogP contribution in [0.2, 0.25) is 0 Å². The molecule has 0 radical (unpaired) electrons. The summed E-state index contributed by atoms with van der Waals surface area (Å²) in [6, 6.07) is -1.01. The van der Waals surface area contributed by atoms with Gasteiger partial charge < -0.3 is 25.5 Å². The van der Waals surface area contributed by atoms with E-state index in [1.165, 1.54) is 0 Å². The first-order valence-electron chi connectivity index (χ1n) is 5.13. The predicted molar refractivity (Wildman–Crippen MR) is 50.0 cm³/mol. The van der Waals surface area contributed by atoms with Crippen molar-refractivity contribution >= 4 is 0 Å². The molecular weight excluding hydrogens is 202 g/mol. The quantitative estimate of drug-likeness (QED) is 0.334. The third kappa shape index (κ3) is 1.49. The van der Waals surface area contributed by atoms with Crippen molar-refractivity contribution in [2.24, 2.45) is 5.92 Å². The molecule has 0 aromatic carbocycles. The molecule has 2 saturated heterocycles. The highest BCUT2D eigenvalue weighted by Gasteiger charge is 2.56. The van der Waals surface area contributed by atoms with Gasteiger partial charge in [0.25, 0.3) is 0 Å². The zero-order chi connectivity index (χ0) is 11.2. The molecule has 2 heterocycles. The monoisotopic (exact) mass is 219 g/mol. The molecule has 0 aromatic heterocycles. The number of aliphatic hydroxyl groups is 5. The van der Waals surface area contributed by atoms with Crippen LogP contribution in [-0.4, -0.2) is 80.6 Å². The van der Waals surface area contributed by atoms with Crippen molar-refractivity contribution in [3.05, 3.63) is 0 Å². The Balaban J connectivity index is 2.21. The first-order valence-corrected chi connectivity index (χ1v) is 5.13. The van der Waals surface area contributed by atoms with E-state index in [4.69, 9.17) is 10.2 Å². The number of fused-ring (bicyclic) bond motifs is 1. The van der Waals surface area contributed by atoms with Gasteiger partial charge in [0.2, 0.25) is 0 Å². The Hall–Kier alpha value is -0.240. The van der Waals surface area contributed by atoms with Crippen LogP contribution in [-0.2, 0) is 0 Å². The summed E-state index contributed by atoms with van der Waals surface area (Å²) >= 11 is 0. The minimum atomic E-state index is -1.02. The summed E-state index contributed by atoms with van der Waals surface area (Å²) in [5.74, 6) is -0.453. The van der Waals surface area contributed by atoms with Crippen LogP contribution in [0.3, 0.4) is 0 Å². The van der Waals surface area contributed by atoms with E-state index in [9.17, 15) is 15.3 Å². The smallest absolute Gasteiger partial charge is 0.0991 e. The third-order valence-electron chi connectivity index (χ3n) is 3.63. The molecule has 6 heteroatoms. The Labute approximate surface area is 87.4 Å². The van der Waals surface area contributed by atoms with Gasteiger partial charge in [-0.05, 0) is 0 Å². The lowest BCUT2D eigenvalue weighted by atomic mass is 9.94. The van der Waals surface area contributed by atoms with E-state index >= 15 is 0 Å². The van der Waals surface area contributed by atoms with Crippen molar-refractivity contribution < 1.29 is 25.5 Å². The maximum absolute atomic E-state index is 9.76. The summed E-state index contributed by atoms with van der Waals surface area (Å²) in [4.78, 5) is 1.68. The second-order valence-corrected chi connectivity index (χ2v) is 4.33. The maximum Gasteiger partial charge on any atom is 0.0991 e. The van der Waals surface area contributed by atoms with Gasteiger partial charge >= 0.3 is 0 Å². The lowest BCUT2D eigenvalue weighted by molar-refractivity contribution is -0.00819. The molecule has 0 amide bonds. The highest BCUT2D eigenvalue weighted by atomic mass is 16.3. The Morgan fingerprint density at radius 1 is 1.00 bits per heavy atom. The predicted octanol–water partition coefficient (Wildman–Crippen LogP) is -3.26. The lowest BCUT2D eigenvalue weighted by Gasteiger charge is -2.23. The first-order chi connectivity index (χ1) is 7.11. The van der Waals surface area contributed by atoms with Gasteiger partial charge in [0.05, 0.1) is 37.6 Å². The fourth-order valence-corrected chi connectivity index (χ4v) is 2.82. The Kier molecular flexibility index (Phi) is 2.98. The van der Waals surface area contributed by atoms with E-state index in [0.29, 0.717) is 0 Å². The zero-order valence-electron chi connectivity index (χ0n) is 8.27. The average Bonchev–Trinajstić information content (AvgIpc) is 2.64. The summed E-state index contributed by atoms with van der Waals surface area (Å²) in [6.45, 7) is -0.223. The standard InChI is InChI=1S/C9H17NO5/c11-2-4-6(13)1-10-5(3-12)8(14)9(15)7(4)10/h4-9,11-15H,1-3H2/t4?,5-,6+,7-,8-,9-/m1/s1. The molecule has 0 saturated carbocycles. The molecular formula is C9H17NO5. The van der Waals surface area contributed by atoms with Crippen LogP contribution in [0.5, 0.6) is 0 Å². The molecule has 0 bridgehead atoms. The van der Waals surface area contributed by atoms with Gasteiger partial charge in [-0.3, -0.25) is 4.90 Å². The van der Waals surface area contributed by atoms with Gasteiger partial charge in [-0.2, -0.15) is 0 Å². The Morgan fingerprint density at radius 3 is 2.20 bits per heavy atom. The second kappa shape index (κ2) is 3.97. The van der Waals surface area contributed by atoms with Gasteiger partial charge in [-0.1, -0.05) is 0 Å². The van der Waals surface area contributed by atoms with Crippen molar-refractivity contribution in [2.45, 2.75) is 30.4 Å². The molecule has 6 atom stereocenters. The number of aliphatic hydroxyl groups excluding tert-OH is 5. The summed E-state index contributed by atoms with van der Waals surface area (Å²) in [7, 11) is 0. The molecule has 15 heavy (non-hydrogen) atoms. The fourth-order valence-electron chi connectivity index (χ4n) is 2.82. The summed E-state index contributed by atoms with van der Waals surface area (Å²) < 4.78 is 0. The average molecular weight is 219 g/mol. The van der Waals surface area contributed by atoms with E-state index in [-0.39, 0.29) is 19.8 Å². The molecule has 1 unspecified atom stereocenters. The van der Waals surface area contributed by atoms with Gasteiger partial charge in [0, 0.05) is 18.5 Å². The van der Waals surface area contributed by atoms with Crippen LogP contribution in [0.1, 0.15) is 0 Å². The molecule has 0 spiro atoms. The Morgan fingerprint density at radius 2 is 1.67 bits per heavy atom. The molecule has 2 rings (SSSR count). The minimum absolute atomic E-state index is 0.232. The maximum atomic E-state index is 9.76. The summed E-state index contributed by atoms with van der Waals surface area (Å²) in [5.41, 5.74) is 0.